The number of aliphatic hydroxyl groups is 1. The Morgan fingerprint density at radius 2 is 2.35 bits per heavy atom. The van der Waals surface area contributed by atoms with Crippen LogP contribution >= 0.6 is 0 Å². The Morgan fingerprint density at radius 1 is 1.53 bits per heavy atom. The molecule has 3 heterocycles. The number of fused-ring (bicyclic) bond motifs is 2. The van der Waals surface area contributed by atoms with Gasteiger partial charge in [-0.2, -0.15) is 0 Å². The summed E-state index contributed by atoms with van der Waals surface area (Å²) in [5, 5.41) is 10.5. The summed E-state index contributed by atoms with van der Waals surface area (Å²) in [5.74, 6) is 0.624. The van der Waals surface area contributed by atoms with Crippen molar-refractivity contribution in [3.63, 3.8) is 0 Å². The summed E-state index contributed by atoms with van der Waals surface area (Å²) < 4.78 is 5.79. The summed E-state index contributed by atoms with van der Waals surface area (Å²) in [6.07, 6.45) is 4.82. The number of ether oxygens (including phenoxy) is 1. The predicted octanol–water partition coefficient (Wildman–Crippen LogP) is 1.57. The smallest absolute Gasteiger partial charge is 0.129 e. The Labute approximate surface area is 101 Å². The summed E-state index contributed by atoms with van der Waals surface area (Å²) in [6.45, 7) is 1.96. The average Bonchev–Trinajstić information content (AvgIpc) is 2.90. The number of hydrogen-bond donors (Lipinski definition) is 2. The number of anilines is 1. The summed E-state index contributed by atoms with van der Waals surface area (Å²) in [6, 6.07) is 1.89. The first-order valence-corrected chi connectivity index (χ1v) is 6.21. The molecular formula is C13H18N2O2. The highest BCUT2D eigenvalue weighted by atomic mass is 16.5. The molecule has 0 amide bonds. The maximum Gasteiger partial charge on any atom is 0.129 e. The van der Waals surface area contributed by atoms with Gasteiger partial charge in [0.1, 0.15) is 5.82 Å². The minimum absolute atomic E-state index is 0.180. The molecule has 92 valence electrons. The highest BCUT2D eigenvalue weighted by Gasteiger charge is 2.45. The van der Waals surface area contributed by atoms with Crippen molar-refractivity contribution in [3.05, 3.63) is 23.4 Å². The van der Waals surface area contributed by atoms with E-state index in [9.17, 15) is 5.11 Å². The lowest BCUT2D eigenvalue weighted by Crippen LogP contribution is -2.25. The van der Waals surface area contributed by atoms with Crippen molar-refractivity contribution in [3.8, 4) is 0 Å². The Hall–Kier alpha value is -1.13. The van der Waals surface area contributed by atoms with Gasteiger partial charge in [0.2, 0.25) is 0 Å². The van der Waals surface area contributed by atoms with Crippen molar-refractivity contribution in [2.75, 3.05) is 5.73 Å². The first-order chi connectivity index (χ1) is 8.16. The standard InChI is InChI=1S/C13H18N2O2/c1-7-4-5-15-13(14)11(7)12(16)9-6-8-2-3-10(9)17-8/h4-5,8-10,12,16H,2-3,6H2,1H3,(H2,14,15). The first-order valence-electron chi connectivity index (χ1n) is 6.21. The molecule has 3 rings (SSSR count). The number of hydrogen-bond acceptors (Lipinski definition) is 4. The largest absolute Gasteiger partial charge is 0.388 e. The van der Waals surface area contributed by atoms with Crippen molar-refractivity contribution in [2.45, 2.75) is 44.5 Å². The Morgan fingerprint density at radius 3 is 2.94 bits per heavy atom. The number of nitrogen functional groups attached to an aromatic ring is 1. The minimum atomic E-state index is -0.543. The van der Waals surface area contributed by atoms with Gasteiger partial charge in [-0.1, -0.05) is 0 Å². The summed E-state index contributed by atoms with van der Waals surface area (Å²) >= 11 is 0. The second kappa shape index (κ2) is 3.96. The maximum atomic E-state index is 10.5. The molecular weight excluding hydrogens is 216 g/mol. The number of nitrogens with two attached hydrogens (primary N) is 1. The number of pyridine rings is 1. The van der Waals surface area contributed by atoms with E-state index in [1.807, 2.05) is 13.0 Å². The van der Waals surface area contributed by atoms with Gasteiger partial charge in [0, 0.05) is 17.7 Å². The second-order valence-corrected chi connectivity index (χ2v) is 5.15. The average molecular weight is 234 g/mol. The molecule has 1 aromatic rings. The van der Waals surface area contributed by atoms with Gasteiger partial charge in [-0.15, -0.1) is 0 Å². The lowest BCUT2D eigenvalue weighted by atomic mass is 9.82. The molecule has 4 nitrogen and oxygen atoms in total. The third-order valence-corrected chi connectivity index (χ3v) is 4.09. The number of aryl methyl sites for hydroxylation is 1. The molecule has 17 heavy (non-hydrogen) atoms. The van der Waals surface area contributed by atoms with Crippen LogP contribution in [0.2, 0.25) is 0 Å². The minimum Gasteiger partial charge on any atom is -0.388 e. The van der Waals surface area contributed by atoms with Crippen LogP contribution in [-0.4, -0.2) is 22.3 Å². The van der Waals surface area contributed by atoms with Crippen LogP contribution in [0.1, 0.15) is 36.5 Å². The van der Waals surface area contributed by atoms with Crippen LogP contribution in [0.3, 0.4) is 0 Å². The van der Waals surface area contributed by atoms with Gasteiger partial charge in [0.05, 0.1) is 18.3 Å². The highest BCUT2D eigenvalue weighted by molar-refractivity contribution is 5.45. The Balaban J connectivity index is 1.89. The number of rotatable bonds is 2. The van der Waals surface area contributed by atoms with Crippen LogP contribution in [-0.2, 0) is 4.74 Å². The molecule has 4 atom stereocenters. The van der Waals surface area contributed by atoms with Crippen LogP contribution in [0.25, 0.3) is 0 Å². The third-order valence-electron chi connectivity index (χ3n) is 4.09. The van der Waals surface area contributed by atoms with Crippen molar-refractivity contribution < 1.29 is 9.84 Å². The number of aliphatic hydroxyl groups excluding tert-OH is 1. The molecule has 0 aliphatic carbocycles. The van der Waals surface area contributed by atoms with Crippen molar-refractivity contribution in [1.82, 2.24) is 4.98 Å². The SMILES string of the molecule is Cc1ccnc(N)c1C(O)C1CC2CCC1O2. The van der Waals surface area contributed by atoms with E-state index in [2.05, 4.69) is 4.98 Å². The van der Waals surface area contributed by atoms with E-state index >= 15 is 0 Å². The van der Waals surface area contributed by atoms with E-state index in [-0.39, 0.29) is 12.0 Å². The second-order valence-electron chi connectivity index (χ2n) is 5.15. The van der Waals surface area contributed by atoms with Gasteiger partial charge >= 0.3 is 0 Å². The van der Waals surface area contributed by atoms with Crippen LogP contribution in [0, 0.1) is 12.8 Å². The lowest BCUT2D eigenvalue weighted by molar-refractivity contribution is 0.0422. The van der Waals surface area contributed by atoms with Gasteiger partial charge in [-0.05, 0) is 37.8 Å². The maximum absolute atomic E-state index is 10.5. The zero-order chi connectivity index (χ0) is 12.0. The van der Waals surface area contributed by atoms with E-state index in [1.165, 1.54) is 0 Å². The first kappa shape index (κ1) is 11.0. The lowest BCUT2D eigenvalue weighted by Gasteiger charge is -2.26. The molecule has 4 unspecified atom stereocenters. The van der Waals surface area contributed by atoms with Gasteiger partial charge in [0.15, 0.2) is 0 Å². The Kier molecular flexibility index (Phi) is 2.56. The van der Waals surface area contributed by atoms with E-state index in [4.69, 9.17) is 10.5 Å². The van der Waals surface area contributed by atoms with E-state index < -0.39 is 6.10 Å². The van der Waals surface area contributed by atoms with Crippen LogP contribution in [0.15, 0.2) is 12.3 Å². The van der Waals surface area contributed by atoms with E-state index in [0.29, 0.717) is 11.9 Å². The van der Waals surface area contributed by atoms with E-state index in [1.54, 1.807) is 6.20 Å². The molecule has 0 radical (unpaired) electrons. The van der Waals surface area contributed by atoms with Gasteiger partial charge in [-0.25, -0.2) is 4.98 Å². The molecule has 1 aromatic heterocycles. The van der Waals surface area contributed by atoms with Gasteiger partial charge in [0.25, 0.3) is 0 Å². The summed E-state index contributed by atoms with van der Waals surface area (Å²) in [4.78, 5) is 4.07. The molecule has 0 spiro atoms. The molecule has 2 aliphatic heterocycles. The van der Waals surface area contributed by atoms with Crippen LogP contribution in [0.4, 0.5) is 5.82 Å². The fourth-order valence-corrected chi connectivity index (χ4v) is 3.20. The molecule has 2 saturated heterocycles. The molecule has 4 heteroatoms. The molecule has 3 N–H and O–H groups in total. The third kappa shape index (κ3) is 1.72. The topological polar surface area (TPSA) is 68.4 Å². The van der Waals surface area contributed by atoms with Crippen LogP contribution in [0.5, 0.6) is 0 Å². The quantitative estimate of drug-likeness (QED) is 0.815. The molecule has 2 bridgehead atoms. The zero-order valence-electron chi connectivity index (χ0n) is 9.97. The Bertz CT molecular complexity index is 415. The monoisotopic (exact) mass is 234 g/mol. The number of aromatic nitrogens is 1. The van der Waals surface area contributed by atoms with Crippen molar-refractivity contribution >= 4 is 5.82 Å². The summed E-state index contributed by atoms with van der Waals surface area (Å²) in [7, 11) is 0. The molecule has 2 fully saturated rings. The normalized spacial score (nSPS) is 32.9. The number of nitrogens with zero attached hydrogens (tertiary/aromatic N) is 1. The van der Waals surface area contributed by atoms with Gasteiger partial charge < -0.3 is 15.6 Å². The van der Waals surface area contributed by atoms with Crippen molar-refractivity contribution in [1.29, 1.82) is 0 Å². The zero-order valence-corrected chi connectivity index (χ0v) is 9.97. The van der Waals surface area contributed by atoms with E-state index in [0.717, 1.165) is 30.4 Å². The predicted molar refractivity (Wildman–Crippen MR) is 64.3 cm³/mol. The molecule has 2 aliphatic rings. The fourth-order valence-electron chi connectivity index (χ4n) is 3.20. The fraction of sp³-hybridized carbons (Fsp3) is 0.615. The van der Waals surface area contributed by atoms with Crippen LogP contribution < -0.4 is 5.73 Å². The van der Waals surface area contributed by atoms with Gasteiger partial charge in [-0.3, -0.25) is 0 Å². The van der Waals surface area contributed by atoms with Crippen molar-refractivity contribution in [2.24, 2.45) is 5.92 Å². The highest BCUT2D eigenvalue weighted by Crippen LogP contribution is 2.45. The molecule has 0 saturated carbocycles. The summed E-state index contributed by atoms with van der Waals surface area (Å²) in [5.41, 5.74) is 7.67. The molecule has 0 aromatic carbocycles.